The zero-order chi connectivity index (χ0) is 23.1. The van der Waals surface area contributed by atoms with Gasteiger partial charge in [0.25, 0.3) is 5.78 Å². The van der Waals surface area contributed by atoms with Crippen LogP contribution in [0.4, 0.5) is 0 Å². The molecule has 0 spiro atoms. The number of carbonyl (C=O) groups excluding carboxylic acids is 2. The Kier molecular flexibility index (Phi) is 7.41. The molecule has 0 fully saturated rings. The first-order valence-electron chi connectivity index (χ1n) is 11.0. The second kappa shape index (κ2) is 10.2. The number of hydrogen-bond donors (Lipinski definition) is 0. The van der Waals surface area contributed by atoms with E-state index in [1.165, 1.54) is 6.08 Å². The summed E-state index contributed by atoms with van der Waals surface area (Å²) in [5.74, 6) is -1.36. The summed E-state index contributed by atoms with van der Waals surface area (Å²) in [6.45, 7) is 7.46. The van der Waals surface area contributed by atoms with E-state index < -0.39 is 17.3 Å². The minimum atomic E-state index is -1.98. The van der Waals surface area contributed by atoms with Crippen molar-refractivity contribution < 1.29 is 19.1 Å². The molecular formula is C27H29NO4. The molecule has 1 aliphatic heterocycles. The number of carbonyl (C=O) groups is 2. The van der Waals surface area contributed by atoms with E-state index in [0.717, 1.165) is 17.5 Å². The molecular weight excluding hydrogens is 402 g/mol. The summed E-state index contributed by atoms with van der Waals surface area (Å²) in [4.78, 5) is 27.1. The van der Waals surface area contributed by atoms with Crippen LogP contribution < -0.4 is 0 Å². The standard InChI is InChI=1S/C27H29NO4/c1-4-7-18-22-24(25(29)27(19-5-2,28(22)31)26(30)32-6-3)23(20-14-10-8-11-15-20)21-16-12-9-13-17-21/h5,8-17H,2,4,6-7,18-19H2,1,3H3. The Morgan fingerprint density at radius 2 is 1.62 bits per heavy atom. The van der Waals surface area contributed by atoms with Gasteiger partial charge in [-0.3, -0.25) is 4.79 Å². The quantitative estimate of drug-likeness (QED) is 0.138. The topological polar surface area (TPSA) is 69.4 Å². The number of nitrogens with zero attached hydrogens (tertiary/aromatic N) is 1. The van der Waals surface area contributed by atoms with E-state index >= 15 is 0 Å². The number of Topliss-reactive ketones (excluding diaryl/α,β-unsaturated/α-hetero) is 1. The van der Waals surface area contributed by atoms with Gasteiger partial charge in [-0.05, 0) is 24.5 Å². The monoisotopic (exact) mass is 431 g/mol. The first kappa shape index (κ1) is 23.2. The Morgan fingerprint density at radius 3 is 2.09 bits per heavy atom. The molecule has 0 aromatic heterocycles. The van der Waals surface area contributed by atoms with E-state index in [1.54, 1.807) is 6.92 Å². The highest BCUT2D eigenvalue weighted by atomic mass is 16.5. The first-order valence-corrected chi connectivity index (χ1v) is 11.0. The fourth-order valence-corrected chi connectivity index (χ4v) is 4.15. The average molecular weight is 432 g/mol. The second-order valence-electron chi connectivity index (χ2n) is 7.73. The van der Waals surface area contributed by atoms with Crippen molar-refractivity contribution in [3.05, 3.63) is 95.2 Å². The van der Waals surface area contributed by atoms with Gasteiger partial charge < -0.3 is 9.94 Å². The van der Waals surface area contributed by atoms with Crippen molar-refractivity contribution in [2.75, 3.05) is 6.61 Å². The lowest BCUT2D eigenvalue weighted by Crippen LogP contribution is -2.51. The molecule has 32 heavy (non-hydrogen) atoms. The highest BCUT2D eigenvalue weighted by Crippen LogP contribution is 2.38. The Bertz CT molecular complexity index is 1010. The van der Waals surface area contributed by atoms with Crippen LogP contribution in [-0.2, 0) is 14.3 Å². The van der Waals surface area contributed by atoms with Gasteiger partial charge in [0.2, 0.25) is 0 Å². The maximum atomic E-state index is 14.0. The Balaban J connectivity index is 2.39. The van der Waals surface area contributed by atoms with Crippen LogP contribution in [0, 0.1) is 5.21 Å². The molecule has 0 aliphatic carbocycles. The fourth-order valence-electron chi connectivity index (χ4n) is 4.15. The highest BCUT2D eigenvalue weighted by molar-refractivity contribution is 6.36. The summed E-state index contributed by atoms with van der Waals surface area (Å²) in [7, 11) is 0. The summed E-state index contributed by atoms with van der Waals surface area (Å²) < 4.78 is 5.83. The fraction of sp³-hybridized carbons (Fsp3) is 0.296. The number of esters is 1. The van der Waals surface area contributed by atoms with Gasteiger partial charge in [-0.2, -0.15) is 4.74 Å². The maximum Gasteiger partial charge on any atom is 0.389 e. The van der Waals surface area contributed by atoms with Crippen molar-refractivity contribution in [1.82, 2.24) is 0 Å². The van der Waals surface area contributed by atoms with Gasteiger partial charge in [-0.15, -0.1) is 6.58 Å². The first-order chi connectivity index (χ1) is 15.5. The smallest absolute Gasteiger partial charge is 0.389 e. The van der Waals surface area contributed by atoms with Crippen molar-refractivity contribution in [2.24, 2.45) is 0 Å². The summed E-state index contributed by atoms with van der Waals surface area (Å²) in [6.07, 6.45) is 3.27. The lowest BCUT2D eigenvalue weighted by atomic mass is 9.83. The van der Waals surface area contributed by atoms with Crippen molar-refractivity contribution in [2.45, 2.75) is 45.1 Å². The van der Waals surface area contributed by atoms with Crippen LogP contribution in [0.2, 0.25) is 0 Å². The predicted octanol–water partition coefficient (Wildman–Crippen LogP) is 5.09. The van der Waals surface area contributed by atoms with Gasteiger partial charge in [-0.1, -0.05) is 80.1 Å². The predicted molar refractivity (Wildman–Crippen MR) is 126 cm³/mol. The minimum absolute atomic E-state index is 0.0758. The third-order valence-corrected chi connectivity index (χ3v) is 5.68. The van der Waals surface area contributed by atoms with Crippen LogP contribution in [0.25, 0.3) is 5.57 Å². The SMILES string of the molecule is C=CCC1(C(=O)OCC)C(=O)C(=C(c2ccccc2)c2ccccc2)C(CCCC)=[N+]1[O-]. The van der Waals surface area contributed by atoms with Crippen LogP contribution >= 0.6 is 0 Å². The van der Waals surface area contributed by atoms with Crippen LogP contribution in [-0.4, -0.2) is 34.3 Å². The summed E-state index contributed by atoms with van der Waals surface area (Å²) >= 11 is 0. The normalized spacial score (nSPS) is 18.1. The van der Waals surface area contributed by atoms with E-state index in [-0.39, 0.29) is 13.0 Å². The van der Waals surface area contributed by atoms with Gasteiger partial charge in [0.05, 0.1) is 13.0 Å². The van der Waals surface area contributed by atoms with E-state index in [1.807, 2.05) is 67.6 Å². The van der Waals surface area contributed by atoms with E-state index in [2.05, 4.69) is 6.58 Å². The van der Waals surface area contributed by atoms with Crippen LogP contribution in [0.1, 0.15) is 50.7 Å². The number of rotatable bonds is 9. The molecule has 0 saturated carbocycles. The molecule has 0 saturated heterocycles. The maximum absolute atomic E-state index is 14.0. The summed E-state index contributed by atoms with van der Waals surface area (Å²) in [6, 6.07) is 19.0. The summed E-state index contributed by atoms with van der Waals surface area (Å²) in [5, 5.41) is 13.7. The molecule has 1 atom stereocenters. The average Bonchev–Trinajstić information content (AvgIpc) is 3.02. The second-order valence-corrected chi connectivity index (χ2v) is 7.73. The van der Waals surface area contributed by atoms with Gasteiger partial charge >= 0.3 is 11.5 Å². The zero-order valence-electron chi connectivity index (χ0n) is 18.7. The van der Waals surface area contributed by atoms with Crippen LogP contribution in [0.5, 0.6) is 0 Å². The third kappa shape index (κ3) is 4.03. The van der Waals surface area contributed by atoms with E-state index in [4.69, 9.17) is 4.74 Å². The Morgan fingerprint density at radius 1 is 1.06 bits per heavy atom. The van der Waals surface area contributed by atoms with Gasteiger partial charge in [0.15, 0.2) is 5.71 Å². The molecule has 1 heterocycles. The molecule has 0 N–H and O–H groups in total. The van der Waals surface area contributed by atoms with Gasteiger partial charge in [-0.25, -0.2) is 4.79 Å². The minimum Gasteiger partial charge on any atom is -0.622 e. The lowest BCUT2D eigenvalue weighted by Gasteiger charge is -2.22. The molecule has 2 aromatic carbocycles. The van der Waals surface area contributed by atoms with Gasteiger partial charge in [0.1, 0.15) is 5.57 Å². The van der Waals surface area contributed by atoms with E-state index in [9.17, 15) is 14.8 Å². The van der Waals surface area contributed by atoms with Crippen LogP contribution in [0.15, 0.2) is 78.9 Å². The molecule has 0 radical (unpaired) electrons. The molecule has 5 heteroatoms. The molecule has 3 rings (SSSR count). The number of benzene rings is 2. The van der Waals surface area contributed by atoms with E-state index in [0.29, 0.717) is 34.4 Å². The highest BCUT2D eigenvalue weighted by Gasteiger charge is 2.63. The number of hydroxylamine groups is 1. The van der Waals surface area contributed by atoms with Crippen molar-refractivity contribution in [3.8, 4) is 0 Å². The molecule has 166 valence electrons. The number of ether oxygens (including phenoxy) is 1. The largest absolute Gasteiger partial charge is 0.622 e. The number of ketones is 1. The van der Waals surface area contributed by atoms with Crippen molar-refractivity contribution in [1.29, 1.82) is 0 Å². The van der Waals surface area contributed by atoms with Gasteiger partial charge in [0, 0.05) is 12.0 Å². The number of hydrogen-bond acceptors (Lipinski definition) is 4. The summed E-state index contributed by atoms with van der Waals surface area (Å²) in [5.41, 5.74) is 0.907. The third-order valence-electron chi connectivity index (χ3n) is 5.68. The zero-order valence-corrected chi connectivity index (χ0v) is 18.7. The van der Waals surface area contributed by atoms with Crippen molar-refractivity contribution in [3.63, 3.8) is 0 Å². The Labute approximate surface area is 189 Å². The number of unbranched alkanes of at least 4 members (excludes halogenated alkanes) is 1. The molecule has 1 unspecified atom stereocenters. The molecule has 2 aromatic rings. The molecule has 0 amide bonds. The molecule has 5 nitrogen and oxygen atoms in total. The molecule has 0 bridgehead atoms. The Hall–Kier alpha value is -3.47. The lowest BCUT2D eigenvalue weighted by molar-refractivity contribution is -0.512. The van der Waals surface area contributed by atoms with Crippen LogP contribution in [0.3, 0.4) is 0 Å². The molecule has 1 aliphatic rings. The van der Waals surface area contributed by atoms with Crippen molar-refractivity contribution >= 4 is 23.0 Å².